The van der Waals surface area contributed by atoms with Crippen LogP contribution < -0.4 is 16.4 Å². The molecule has 1 aromatic carbocycles. The topological polar surface area (TPSA) is 97.4 Å². The van der Waals surface area contributed by atoms with E-state index in [9.17, 15) is 14.0 Å². The van der Waals surface area contributed by atoms with Crippen LogP contribution in [0.3, 0.4) is 0 Å². The quantitative estimate of drug-likeness (QED) is 0.807. The number of hydrogen-bond donors (Lipinski definition) is 3. The molecule has 1 aromatic heterocycles. The summed E-state index contributed by atoms with van der Waals surface area (Å²) in [4.78, 5) is 22.7. The van der Waals surface area contributed by atoms with Gasteiger partial charge in [-0.1, -0.05) is 0 Å². The lowest BCUT2D eigenvalue weighted by atomic mass is 10.1. The molecule has 2 aromatic rings. The smallest absolute Gasteiger partial charge is 0.312 e. The fraction of sp³-hybridized carbons (Fsp3) is 0.333. The van der Waals surface area contributed by atoms with E-state index in [0.29, 0.717) is 16.7 Å². The minimum Gasteiger partial charge on any atom is -0.459 e. The number of hydrogen-bond acceptors (Lipinski definition) is 3. The van der Waals surface area contributed by atoms with Gasteiger partial charge in [0.2, 0.25) is 5.91 Å². The summed E-state index contributed by atoms with van der Waals surface area (Å²) in [5.74, 6) is -0.198. The van der Waals surface area contributed by atoms with E-state index in [-0.39, 0.29) is 5.82 Å². The van der Waals surface area contributed by atoms with Gasteiger partial charge < -0.3 is 20.8 Å². The molecule has 0 aliphatic carbocycles. The number of halogens is 1. The predicted molar refractivity (Wildman–Crippen MR) is 79.6 cm³/mol. The van der Waals surface area contributed by atoms with Crippen LogP contribution >= 0.6 is 0 Å². The standard InChI is InChI=1S/C15H18FN3O3/c1-7-11-6-10(16)4-5-12(11)22-13(7)8(2)18-14(20)9(3)19-15(17)21/h4-6,8-9H,1-3H3,(H,18,20)(H3,17,19,21)/t8-,9-/m1/s1. The number of carbonyl (C=O) groups is 2. The Kier molecular flexibility index (Phi) is 4.35. The van der Waals surface area contributed by atoms with Gasteiger partial charge in [-0.25, -0.2) is 9.18 Å². The summed E-state index contributed by atoms with van der Waals surface area (Å²) in [5, 5.41) is 5.68. The van der Waals surface area contributed by atoms with E-state index in [0.717, 1.165) is 5.56 Å². The highest BCUT2D eigenvalue weighted by Crippen LogP contribution is 2.29. The van der Waals surface area contributed by atoms with Gasteiger partial charge in [0.05, 0.1) is 6.04 Å². The summed E-state index contributed by atoms with van der Waals surface area (Å²) in [7, 11) is 0. The normalized spacial score (nSPS) is 13.6. The number of fused-ring (bicyclic) bond motifs is 1. The fourth-order valence-corrected chi connectivity index (χ4v) is 2.31. The second kappa shape index (κ2) is 6.05. The molecule has 22 heavy (non-hydrogen) atoms. The van der Waals surface area contributed by atoms with Crippen LogP contribution in [0.25, 0.3) is 11.0 Å². The summed E-state index contributed by atoms with van der Waals surface area (Å²) in [6.45, 7) is 5.07. The number of benzene rings is 1. The van der Waals surface area contributed by atoms with Crippen LogP contribution in [0, 0.1) is 12.7 Å². The Bertz CT molecular complexity index is 726. The second-order valence-corrected chi connectivity index (χ2v) is 5.19. The minimum atomic E-state index is -0.773. The Morgan fingerprint density at radius 2 is 1.95 bits per heavy atom. The number of aryl methyl sites for hydroxylation is 1. The van der Waals surface area contributed by atoms with E-state index < -0.39 is 24.0 Å². The van der Waals surface area contributed by atoms with Crippen LogP contribution in [-0.4, -0.2) is 18.0 Å². The Morgan fingerprint density at radius 1 is 1.27 bits per heavy atom. The lowest BCUT2D eigenvalue weighted by Gasteiger charge is -2.17. The van der Waals surface area contributed by atoms with Crippen molar-refractivity contribution >= 4 is 22.9 Å². The van der Waals surface area contributed by atoms with Crippen molar-refractivity contribution in [1.29, 1.82) is 0 Å². The molecule has 0 aliphatic rings. The highest BCUT2D eigenvalue weighted by Gasteiger charge is 2.21. The number of nitrogens with two attached hydrogens (primary N) is 1. The largest absolute Gasteiger partial charge is 0.459 e. The van der Waals surface area contributed by atoms with Crippen molar-refractivity contribution in [3.05, 3.63) is 35.3 Å². The molecule has 4 N–H and O–H groups in total. The molecule has 0 saturated carbocycles. The van der Waals surface area contributed by atoms with E-state index in [2.05, 4.69) is 10.6 Å². The van der Waals surface area contributed by atoms with Crippen LogP contribution in [-0.2, 0) is 4.79 Å². The molecule has 2 rings (SSSR count). The maximum atomic E-state index is 13.3. The van der Waals surface area contributed by atoms with E-state index >= 15 is 0 Å². The van der Waals surface area contributed by atoms with Crippen molar-refractivity contribution in [2.45, 2.75) is 32.9 Å². The Labute approximate surface area is 126 Å². The van der Waals surface area contributed by atoms with Gasteiger partial charge in [0.25, 0.3) is 0 Å². The van der Waals surface area contributed by atoms with Crippen molar-refractivity contribution in [3.8, 4) is 0 Å². The molecule has 0 spiro atoms. The van der Waals surface area contributed by atoms with Crippen molar-refractivity contribution in [2.75, 3.05) is 0 Å². The second-order valence-electron chi connectivity index (χ2n) is 5.19. The van der Waals surface area contributed by atoms with Crippen LogP contribution in [0.4, 0.5) is 9.18 Å². The number of nitrogens with one attached hydrogen (secondary N) is 2. The third-order valence-corrected chi connectivity index (χ3v) is 3.44. The Hall–Kier alpha value is -2.57. The van der Waals surface area contributed by atoms with Gasteiger partial charge in [-0.2, -0.15) is 0 Å². The fourth-order valence-electron chi connectivity index (χ4n) is 2.31. The van der Waals surface area contributed by atoms with E-state index in [4.69, 9.17) is 10.2 Å². The molecule has 1 heterocycles. The zero-order chi connectivity index (χ0) is 16.4. The van der Waals surface area contributed by atoms with Gasteiger partial charge in [0, 0.05) is 10.9 Å². The zero-order valence-corrected chi connectivity index (χ0v) is 12.6. The molecular weight excluding hydrogens is 289 g/mol. The molecule has 6 nitrogen and oxygen atoms in total. The van der Waals surface area contributed by atoms with Crippen molar-refractivity contribution in [1.82, 2.24) is 10.6 Å². The molecular formula is C15H18FN3O3. The number of primary amides is 1. The molecule has 0 fully saturated rings. The monoisotopic (exact) mass is 307 g/mol. The first kappa shape index (κ1) is 15.8. The molecule has 2 atom stereocenters. The van der Waals surface area contributed by atoms with Gasteiger partial charge in [0.15, 0.2) is 0 Å². The summed E-state index contributed by atoms with van der Waals surface area (Å²) in [6.07, 6.45) is 0. The third-order valence-electron chi connectivity index (χ3n) is 3.44. The van der Waals surface area contributed by atoms with Gasteiger partial charge in [-0.3, -0.25) is 4.79 Å². The van der Waals surface area contributed by atoms with Crippen molar-refractivity contribution in [3.63, 3.8) is 0 Å². The van der Waals surface area contributed by atoms with Crippen LogP contribution in [0.15, 0.2) is 22.6 Å². The minimum absolute atomic E-state index is 0.348. The first-order chi connectivity index (χ1) is 10.3. The van der Waals surface area contributed by atoms with Crippen molar-refractivity contribution < 1.29 is 18.4 Å². The van der Waals surface area contributed by atoms with Gasteiger partial charge in [-0.15, -0.1) is 0 Å². The third kappa shape index (κ3) is 3.19. The van der Waals surface area contributed by atoms with E-state index in [1.165, 1.54) is 19.1 Å². The number of amides is 3. The molecule has 7 heteroatoms. The maximum Gasteiger partial charge on any atom is 0.312 e. The first-order valence-electron chi connectivity index (χ1n) is 6.84. The molecule has 0 aliphatic heterocycles. The van der Waals surface area contributed by atoms with Gasteiger partial charge >= 0.3 is 6.03 Å². The molecule has 0 saturated heterocycles. The van der Waals surface area contributed by atoms with Crippen molar-refractivity contribution in [2.24, 2.45) is 5.73 Å². The lowest BCUT2D eigenvalue weighted by Crippen LogP contribution is -2.47. The Morgan fingerprint density at radius 3 is 2.59 bits per heavy atom. The van der Waals surface area contributed by atoms with Gasteiger partial charge in [-0.05, 0) is 39.0 Å². The molecule has 0 radical (unpaired) electrons. The lowest BCUT2D eigenvalue weighted by molar-refractivity contribution is -0.123. The van der Waals surface area contributed by atoms with E-state index in [1.807, 2.05) is 0 Å². The first-order valence-corrected chi connectivity index (χ1v) is 6.84. The average molecular weight is 307 g/mol. The highest BCUT2D eigenvalue weighted by molar-refractivity contribution is 5.87. The maximum absolute atomic E-state index is 13.3. The molecule has 3 amide bonds. The van der Waals surface area contributed by atoms with E-state index in [1.54, 1.807) is 19.9 Å². The van der Waals surface area contributed by atoms with Crippen LogP contribution in [0.5, 0.6) is 0 Å². The molecule has 118 valence electrons. The predicted octanol–water partition coefficient (Wildman–Crippen LogP) is 2.11. The number of urea groups is 1. The SMILES string of the molecule is Cc1c([C@@H](C)NC(=O)[C@@H](C)NC(N)=O)oc2ccc(F)cc12. The van der Waals surface area contributed by atoms with Gasteiger partial charge in [0.1, 0.15) is 23.2 Å². The van der Waals surface area contributed by atoms with Crippen LogP contribution in [0.1, 0.15) is 31.2 Å². The summed E-state index contributed by atoms with van der Waals surface area (Å²) >= 11 is 0. The zero-order valence-electron chi connectivity index (χ0n) is 12.6. The Balaban J connectivity index is 2.19. The molecule has 0 bridgehead atoms. The highest BCUT2D eigenvalue weighted by atomic mass is 19.1. The number of furan rings is 1. The summed E-state index contributed by atoms with van der Waals surface area (Å²) in [6, 6.07) is 2.29. The summed E-state index contributed by atoms with van der Waals surface area (Å²) in [5.41, 5.74) is 6.29. The number of rotatable bonds is 4. The average Bonchev–Trinajstić information content (AvgIpc) is 2.75. The van der Waals surface area contributed by atoms with Crippen LogP contribution in [0.2, 0.25) is 0 Å². The summed E-state index contributed by atoms with van der Waals surface area (Å²) < 4.78 is 19.0. The number of carbonyl (C=O) groups excluding carboxylic acids is 2. The molecule has 0 unspecified atom stereocenters.